The molecule has 2 N–H and O–H groups in total. The third kappa shape index (κ3) is 5.57. The number of alkyl halides is 2. The molecule has 1 unspecified atom stereocenters. The molecule has 42 heavy (non-hydrogen) atoms. The first-order valence-corrected chi connectivity index (χ1v) is 14.6. The second-order valence-corrected chi connectivity index (χ2v) is 12.5. The van der Waals surface area contributed by atoms with Crippen LogP contribution in [0.25, 0.3) is 0 Å². The molecule has 2 aromatic rings. The van der Waals surface area contributed by atoms with Gasteiger partial charge in [0.15, 0.2) is 10.8 Å². The van der Waals surface area contributed by atoms with Crippen LogP contribution in [0.3, 0.4) is 0 Å². The number of likely N-dealkylation sites (tertiary alicyclic amines) is 2. The molecule has 3 aliphatic heterocycles. The van der Waals surface area contributed by atoms with Gasteiger partial charge >= 0.3 is 11.9 Å². The van der Waals surface area contributed by atoms with E-state index in [2.05, 4.69) is 10.3 Å². The van der Waals surface area contributed by atoms with Gasteiger partial charge in [-0.05, 0) is 57.4 Å². The fourth-order valence-corrected chi connectivity index (χ4v) is 6.66. The SMILES string of the molecule is COC(=O)C1=C(CN2CC(F)(F)[C@H]3[C@@H]2CCN3CCC(C)(C)C(=O)O)NC(c2nccs2)=NC1c1cccc(F)c1C. The molecule has 5 rings (SSSR count). The number of carboxylic acid groups (broad SMARTS) is 1. The number of fused-ring (bicyclic) bond motifs is 1. The molecule has 226 valence electrons. The number of nitrogens with one attached hydrogen (secondary N) is 1. The van der Waals surface area contributed by atoms with Gasteiger partial charge in [0, 0.05) is 36.4 Å². The van der Waals surface area contributed by atoms with Crippen LogP contribution in [0.5, 0.6) is 0 Å². The molecule has 0 aliphatic carbocycles. The molecule has 0 radical (unpaired) electrons. The largest absolute Gasteiger partial charge is 0.481 e. The molecule has 0 bridgehead atoms. The van der Waals surface area contributed by atoms with Crippen LogP contribution in [-0.2, 0) is 14.3 Å². The average Bonchev–Trinajstić information content (AvgIpc) is 3.67. The number of methoxy groups -OCH3 is 1. The van der Waals surface area contributed by atoms with Crippen LogP contribution in [0, 0.1) is 18.2 Å². The molecule has 4 heterocycles. The molecule has 2 saturated heterocycles. The lowest BCUT2D eigenvalue weighted by molar-refractivity contribution is -0.147. The van der Waals surface area contributed by atoms with E-state index in [-0.39, 0.29) is 25.1 Å². The van der Waals surface area contributed by atoms with Gasteiger partial charge in [-0.3, -0.25) is 19.6 Å². The van der Waals surface area contributed by atoms with Crippen LogP contribution in [0.4, 0.5) is 13.2 Å². The number of hydrogen-bond donors (Lipinski definition) is 2. The van der Waals surface area contributed by atoms with E-state index in [0.717, 1.165) is 0 Å². The molecule has 0 spiro atoms. The monoisotopic (exact) mass is 605 g/mol. The van der Waals surface area contributed by atoms with Gasteiger partial charge in [0.05, 0.1) is 30.7 Å². The van der Waals surface area contributed by atoms with Crippen molar-refractivity contribution in [1.29, 1.82) is 0 Å². The first-order valence-electron chi connectivity index (χ1n) is 13.7. The number of carbonyl (C=O) groups excluding carboxylic acids is 1. The Bertz CT molecular complexity index is 1430. The minimum Gasteiger partial charge on any atom is -0.481 e. The summed E-state index contributed by atoms with van der Waals surface area (Å²) < 4.78 is 51.0. The standard InChI is InChI=1S/C29H34F3N5O4S/c1-16-17(6-5-7-18(16)30)22-21(26(38)41-4)19(34-24(35-22)25-33-10-13-42-25)14-37-15-29(31,32)23-20(37)8-11-36(23)12-9-28(2,3)27(39)40/h5-7,10,13,20,22-23H,8-9,11-12,14-15H2,1-4H3,(H,34,35)(H,39,40)/t20-,22?,23+/m0/s1. The maximum atomic E-state index is 15.6. The summed E-state index contributed by atoms with van der Waals surface area (Å²) in [6.45, 7) is 4.87. The average molecular weight is 606 g/mol. The molecule has 2 fully saturated rings. The highest BCUT2D eigenvalue weighted by molar-refractivity contribution is 7.11. The number of aliphatic carboxylic acids is 1. The number of thiazole rings is 1. The summed E-state index contributed by atoms with van der Waals surface area (Å²) in [4.78, 5) is 37.3. The number of hydrogen-bond acceptors (Lipinski definition) is 9. The Kier molecular flexibility index (Phi) is 8.20. The number of aromatic nitrogens is 1. The molecule has 13 heteroatoms. The Morgan fingerprint density at radius 2 is 2.05 bits per heavy atom. The van der Waals surface area contributed by atoms with Gasteiger partial charge in [-0.1, -0.05) is 12.1 Å². The van der Waals surface area contributed by atoms with Gasteiger partial charge in [0.2, 0.25) is 0 Å². The third-order valence-corrected chi connectivity index (χ3v) is 9.30. The molecule has 1 aromatic carbocycles. The van der Waals surface area contributed by atoms with Crippen LogP contribution >= 0.6 is 11.3 Å². The molecule has 0 saturated carbocycles. The topological polar surface area (TPSA) is 107 Å². The van der Waals surface area contributed by atoms with E-state index in [4.69, 9.17) is 9.73 Å². The van der Waals surface area contributed by atoms with Crippen molar-refractivity contribution in [2.24, 2.45) is 10.4 Å². The van der Waals surface area contributed by atoms with Crippen molar-refractivity contribution in [2.45, 2.75) is 57.7 Å². The van der Waals surface area contributed by atoms with E-state index in [1.807, 2.05) is 0 Å². The number of aliphatic imine (C=N–C) groups is 1. The quantitative estimate of drug-likeness (QED) is 0.413. The summed E-state index contributed by atoms with van der Waals surface area (Å²) >= 11 is 1.32. The predicted molar refractivity (Wildman–Crippen MR) is 151 cm³/mol. The number of rotatable bonds is 9. The number of ether oxygens (including phenoxy) is 1. The Morgan fingerprint density at radius 1 is 1.29 bits per heavy atom. The summed E-state index contributed by atoms with van der Waals surface area (Å²) in [5.74, 6) is -4.82. The maximum Gasteiger partial charge on any atom is 0.338 e. The molecular formula is C29H34F3N5O4S. The van der Waals surface area contributed by atoms with Gasteiger partial charge in [-0.15, -0.1) is 11.3 Å². The van der Waals surface area contributed by atoms with Crippen molar-refractivity contribution < 1.29 is 32.6 Å². The number of carbonyl (C=O) groups is 2. The van der Waals surface area contributed by atoms with E-state index in [1.165, 1.54) is 30.6 Å². The van der Waals surface area contributed by atoms with Gasteiger partial charge in [0.25, 0.3) is 5.92 Å². The zero-order valence-corrected chi connectivity index (χ0v) is 24.7. The number of nitrogens with zero attached hydrogens (tertiary/aromatic N) is 4. The first kappa shape index (κ1) is 30.2. The van der Waals surface area contributed by atoms with E-state index in [9.17, 15) is 19.1 Å². The zero-order chi connectivity index (χ0) is 30.4. The van der Waals surface area contributed by atoms with Crippen molar-refractivity contribution in [1.82, 2.24) is 20.1 Å². The smallest absolute Gasteiger partial charge is 0.338 e. The number of esters is 1. The molecule has 9 nitrogen and oxygen atoms in total. The van der Waals surface area contributed by atoms with Crippen LogP contribution < -0.4 is 5.32 Å². The minimum atomic E-state index is -3.06. The van der Waals surface area contributed by atoms with Crippen LogP contribution in [0.1, 0.15) is 48.9 Å². The van der Waals surface area contributed by atoms with Crippen molar-refractivity contribution in [2.75, 3.05) is 33.3 Å². The molecular weight excluding hydrogens is 571 g/mol. The van der Waals surface area contributed by atoms with Crippen LogP contribution in [0.2, 0.25) is 0 Å². The summed E-state index contributed by atoms with van der Waals surface area (Å²) in [5, 5.41) is 15.0. The van der Waals surface area contributed by atoms with E-state index in [0.29, 0.717) is 40.6 Å². The summed E-state index contributed by atoms with van der Waals surface area (Å²) in [6.07, 6.45) is 2.31. The Hall–Kier alpha value is -3.29. The highest BCUT2D eigenvalue weighted by atomic mass is 32.1. The van der Waals surface area contributed by atoms with Gasteiger partial charge in [-0.2, -0.15) is 0 Å². The number of amidine groups is 1. The Balaban J connectivity index is 1.49. The fraction of sp³-hybridized carbons (Fsp3) is 0.517. The number of benzene rings is 1. The van der Waals surface area contributed by atoms with E-state index >= 15 is 8.78 Å². The number of carboxylic acids is 1. The second kappa shape index (κ2) is 11.4. The molecule has 3 atom stereocenters. The van der Waals surface area contributed by atoms with Gasteiger partial charge < -0.3 is 15.2 Å². The highest BCUT2D eigenvalue weighted by Gasteiger charge is 2.59. The normalized spacial score (nSPS) is 24.4. The van der Waals surface area contributed by atoms with Crippen LogP contribution in [0.15, 0.2) is 46.0 Å². The predicted octanol–water partition coefficient (Wildman–Crippen LogP) is 4.00. The Labute approximate surface area is 246 Å². The van der Waals surface area contributed by atoms with Crippen molar-refractivity contribution in [3.05, 3.63) is 63.0 Å². The van der Waals surface area contributed by atoms with E-state index < -0.39 is 53.8 Å². The first-order chi connectivity index (χ1) is 19.8. The Morgan fingerprint density at radius 3 is 2.71 bits per heavy atom. The fourth-order valence-electron chi connectivity index (χ4n) is 6.07. The van der Waals surface area contributed by atoms with Crippen molar-refractivity contribution >= 4 is 29.1 Å². The maximum absolute atomic E-state index is 15.6. The summed E-state index contributed by atoms with van der Waals surface area (Å²) in [6, 6.07) is 2.01. The van der Waals surface area contributed by atoms with Gasteiger partial charge in [-0.25, -0.2) is 22.9 Å². The van der Waals surface area contributed by atoms with E-state index in [1.54, 1.807) is 48.2 Å². The molecule has 3 aliphatic rings. The minimum absolute atomic E-state index is 0.0229. The van der Waals surface area contributed by atoms with Crippen molar-refractivity contribution in [3.63, 3.8) is 0 Å². The highest BCUT2D eigenvalue weighted by Crippen LogP contribution is 2.43. The third-order valence-electron chi connectivity index (χ3n) is 8.52. The number of halogens is 3. The summed E-state index contributed by atoms with van der Waals surface area (Å²) in [7, 11) is 1.23. The zero-order valence-electron chi connectivity index (χ0n) is 23.9. The second-order valence-electron chi connectivity index (χ2n) is 11.6. The lowest BCUT2D eigenvalue weighted by Gasteiger charge is -2.31. The molecule has 1 aromatic heterocycles. The van der Waals surface area contributed by atoms with Gasteiger partial charge in [0.1, 0.15) is 11.9 Å². The lowest BCUT2D eigenvalue weighted by Crippen LogP contribution is -2.46. The van der Waals surface area contributed by atoms with Crippen molar-refractivity contribution in [3.8, 4) is 0 Å². The lowest BCUT2D eigenvalue weighted by atomic mass is 9.89. The summed E-state index contributed by atoms with van der Waals surface area (Å²) in [5.41, 5.74) is 0.207. The molecule has 0 amide bonds. The van der Waals surface area contributed by atoms with Crippen LogP contribution in [-0.4, -0.2) is 89.0 Å².